The lowest BCUT2D eigenvalue weighted by Gasteiger charge is -2.34. The van der Waals surface area contributed by atoms with E-state index in [-0.39, 0.29) is 0 Å². The van der Waals surface area contributed by atoms with E-state index in [0.717, 1.165) is 18.9 Å². The molecule has 1 fully saturated rings. The van der Waals surface area contributed by atoms with E-state index in [2.05, 4.69) is 20.8 Å². The molecule has 0 amide bonds. The third-order valence-electron chi connectivity index (χ3n) is 4.34. The normalized spacial score (nSPS) is 22.1. The van der Waals surface area contributed by atoms with E-state index in [4.69, 9.17) is 14.5 Å². The number of carbonyl (C=O) groups is 1. The van der Waals surface area contributed by atoms with E-state index in [0.29, 0.717) is 35.7 Å². The van der Waals surface area contributed by atoms with Crippen LogP contribution in [0.15, 0.2) is 24.3 Å². The Morgan fingerprint density at radius 1 is 1.30 bits per heavy atom. The molecule has 0 aliphatic heterocycles. The Morgan fingerprint density at radius 2 is 2.09 bits per heavy atom. The molecule has 0 N–H and O–H groups in total. The third kappa shape index (κ3) is 4.96. The number of carbonyl (C=O) groups excluding carboxylic acids is 1. The lowest BCUT2D eigenvalue weighted by atomic mass is 9.75. The van der Waals surface area contributed by atoms with Crippen molar-refractivity contribution in [1.29, 1.82) is 0 Å². The largest absolute Gasteiger partial charge is 0.494 e. The molecular weight excluding hydrogens is 292 g/mol. The molecule has 127 valence electrons. The van der Waals surface area contributed by atoms with E-state index < -0.39 is 5.97 Å². The first-order chi connectivity index (χ1) is 11.0. The maximum Gasteiger partial charge on any atom is 0.373 e. The summed E-state index contributed by atoms with van der Waals surface area (Å²) in [5.41, 5.74) is 0.432. The maximum absolute atomic E-state index is 12.2. The van der Waals surface area contributed by atoms with Crippen LogP contribution < -0.4 is 4.74 Å². The van der Waals surface area contributed by atoms with Crippen molar-refractivity contribution in [1.82, 2.24) is 0 Å². The molecule has 4 nitrogen and oxygen atoms in total. The lowest BCUT2D eigenvalue weighted by Crippen LogP contribution is -2.28. The molecule has 1 aliphatic carbocycles. The van der Waals surface area contributed by atoms with Gasteiger partial charge in [-0.1, -0.05) is 33.3 Å². The predicted molar refractivity (Wildman–Crippen MR) is 88.7 cm³/mol. The van der Waals surface area contributed by atoms with Gasteiger partial charge in [-0.3, -0.25) is 4.89 Å². The second kappa shape index (κ2) is 8.34. The van der Waals surface area contributed by atoms with E-state index in [9.17, 15) is 4.79 Å². The van der Waals surface area contributed by atoms with Crippen molar-refractivity contribution in [2.75, 3.05) is 6.61 Å². The Morgan fingerprint density at radius 3 is 2.78 bits per heavy atom. The minimum absolute atomic E-state index is 0.355. The zero-order valence-corrected chi connectivity index (χ0v) is 14.5. The number of ether oxygens (including phenoxy) is 1. The number of hydrogen-bond donors (Lipinski definition) is 0. The first kappa shape index (κ1) is 17.8. The minimum Gasteiger partial charge on any atom is -0.494 e. The smallest absolute Gasteiger partial charge is 0.373 e. The van der Waals surface area contributed by atoms with E-state index in [1.807, 2.05) is 13.0 Å². The molecule has 0 saturated heterocycles. The average Bonchev–Trinajstić information content (AvgIpc) is 2.53. The molecule has 1 aromatic carbocycles. The fourth-order valence-corrected chi connectivity index (χ4v) is 3.04. The Labute approximate surface area is 139 Å². The van der Waals surface area contributed by atoms with Crippen LogP contribution in [0, 0.1) is 23.9 Å². The topological polar surface area (TPSA) is 44.8 Å². The van der Waals surface area contributed by atoms with Crippen LogP contribution in [0.4, 0.5) is 0 Å². The summed E-state index contributed by atoms with van der Waals surface area (Å²) in [6.07, 6.45) is 4.04. The van der Waals surface area contributed by atoms with Gasteiger partial charge in [-0.05, 0) is 55.7 Å². The fraction of sp³-hybridized carbons (Fsp3) is 0.579. The van der Waals surface area contributed by atoms with Gasteiger partial charge in [0.05, 0.1) is 12.2 Å². The molecular formula is C19H27O4. The molecule has 1 radical (unpaired) electrons. The highest BCUT2D eigenvalue weighted by molar-refractivity contribution is 5.89. The monoisotopic (exact) mass is 319 g/mol. The Kier molecular flexibility index (Phi) is 6.46. The van der Waals surface area contributed by atoms with Crippen molar-refractivity contribution >= 4 is 5.97 Å². The molecule has 23 heavy (non-hydrogen) atoms. The highest BCUT2D eigenvalue weighted by Crippen LogP contribution is 2.40. The van der Waals surface area contributed by atoms with Crippen LogP contribution >= 0.6 is 0 Å². The van der Waals surface area contributed by atoms with Crippen molar-refractivity contribution in [3.05, 3.63) is 35.9 Å². The summed E-state index contributed by atoms with van der Waals surface area (Å²) in [4.78, 5) is 22.8. The van der Waals surface area contributed by atoms with Crippen LogP contribution in [0.25, 0.3) is 0 Å². The van der Waals surface area contributed by atoms with Crippen molar-refractivity contribution < 1.29 is 19.3 Å². The second-order valence-electron chi connectivity index (χ2n) is 6.62. The van der Waals surface area contributed by atoms with Gasteiger partial charge < -0.3 is 4.74 Å². The molecule has 1 aliphatic rings. The summed E-state index contributed by atoms with van der Waals surface area (Å²) in [5, 5.41) is 0. The van der Waals surface area contributed by atoms with Crippen LogP contribution in [0.2, 0.25) is 0 Å². The fourth-order valence-electron chi connectivity index (χ4n) is 3.04. The summed E-state index contributed by atoms with van der Waals surface area (Å²) in [5.74, 6) is 1.58. The van der Waals surface area contributed by atoms with Gasteiger partial charge in [0.1, 0.15) is 5.75 Å². The van der Waals surface area contributed by atoms with Crippen molar-refractivity contribution in [3.63, 3.8) is 0 Å². The molecule has 0 spiro atoms. The van der Waals surface area contributed by atoms with Crippen molar-refractivity contribution in [2.24, 2.45) is 17.8 Å². The first-order valence-electron chi connectivity index (χ1n) is 8.48. The van der Waals surface area contributed by atoms with Crippen molar-refractivity contribution in [2.45, 2.75) is 47.0 Å². The molecule has 2 unspecified atom stereocenters. The van der Waals surface area contributed by atoms with Gasteiger partial charge in [-0.25, -0.2) is 4.79 Å². The molecule has 2 rings (SSSR count). The van der Waals surface area contributed by atoms with Gasteiger partial charge in [0.15, 0.2) is 6.10 Å². The SMILES string of the molecule is CCOc1cccc(C(=O)OO[C]2CC(C)CCC2C(C)C)c1. The summed E-state index contributed by atoms with van der Waals surface area (Å²) in [7, 11) is 0. The van der Waals surface area contributed by atoms with E-state index >= 15 is 0 Å². The third-order valence-corrected chi connectivity index (χ3v) is 4.34. The summed E-state index contributed by atoms with van der Waals surface area (Å²) in [6, 6.07) is 6.95. The predicted octanol–water partition coefficient (Wildman–Crippen LogP) is 4.80. The minimum atomic E-state index is -0.486. The summed E-state index contributed by atoms with van der Waals surface area (Å²) in [6.45, 7) is 9.02. The van der Waals surface area contributed by atoms with Crippen LogP contribution in [-0.4, -0.2) is 12.6 Å². The zero-order valence-electron chi connectivity index (χ0n) is 14.5. The summed E-state index contributed by atoms with van der Waals surface area (Å²) >= 11 is 0. The van der Waals surface area contributed by atoms with Gasteiger partial charge in [-0.15, -0.1) is 0 Å². The molecule has 0 aromatic heterocycles. The number of hydrogen-bond acceptors (Lipinski definition) is 4. The zero-order chi connectivity index (χ0) is 16.8. The maximum atomic E-state index is 12.2. The average molecular weight is 319 g/mol. The van der Waals surface area contributed by atoms with Crippen LogP contribution in [0.1, 0.15) is 57.3 Å². The highest BCUT2D eigenvalue weighted by Gasteiger charge is 2.34. The molecule has 0 heterocycles. The molecule has 2 atom stereocenters. The van der Waals surface area contributed by atoms with Crippen LogP contribution in [0.5, 0.6) is 5.75 Å². The summed E-state index contributed by atoms with van der Waals surface area (Å²) < 4.78 is 5.40. The quantitative estimate of drug-likeness (QED) is 0.558. The molecule has 1 aromatic rings. The Balaban J connectivity index is 1.95. The van der Waals surface area contributed by atoms with Gasteiger partial charge >= 0.3 is 5.97 Å². The number of benzene rings is 1. The Hall–Kier alpha value is -1.55. The highest BCUT2D eigenvalue weighted by atomic mass is 17.2. The van der Waals surface area contributed by atoms with Gasteiger partial charge in [0.25, 0.3) is 0 Å². The lowest BCUT2D eigenvalue weighted by molar-refractivity contribution is -0.251. The van der Waals surface area contributed by atoms with Crippen molar-refractivity contribution in [3.8, 4) is 5.75 Å². The Bertz CT molecular complexity index is 512. The van der Waals surface area contributed by atoms with Crippen LogP contribution in [0.3, 0.4) is 0 Å². The number of rotatable bonds is 6. The molecule has 1 saturated carbocycles. The van der Waals surface area contributed by atoms with Gasteiger partial charge in [0.2, 0.25) is 0 Å². The standard InChI is InChI=1S/C19H27O4/c1-5-21-16-8-6-7-15(12-16)19(20)23-22-18-11-14(4)9-10-17(18)13(2)3/h6-8,12-14,17H,5,9-11H2,1-4H3. The van der Waals surface area contributed by atoms with Gasteiger partial charge in [0, 0.05) is 0 Å². The van der Waals surface area contributed by atoms with Crippen LogP contribution in [-0.2, 0) is 9.78 Å². The molecule has 0 bridgehead atoms. The van der Waals surface area contributed by atoms with E-state index in [1.165, 1.54) is 6.42 Å². The van der Waals surface area contributed by atoms with E-state index in [1.54, 1.807) is 18.2 Å². The second-order valence-corrected chi connectivity index (χ2v) is 6.62. The van der Waals surface area contributed by atoms with Gasteiger partial charge in [-0.2, -0.15) is 4.89 Å². The first-order valence-corrected chi connectivity index (χ1v) is 8.48. The molecule has 4 heteroatoms.